The van der Waals surface area contributed by atoms with E-state index in [4.69, 9.17) is 19.2 Å². The summed E-state index contributed by atoms with van der Waals surface area (Å²) in [5.41, 5.74) is 2.15. The average molecular weight is 835 g/mol. The van der Waals surface area contributed by atoms with Crippen LogP contribution in [-0.2, 0) is 22.6 Å². The predicted octanol–water partition coefficient (Wildman–Crippen LogP) is 8.50. The Hall–Kier alpha value is -3.25. The Morgan fingerprint density at radius 3 is 2.63 bits per heavy atom. The van der Waals surface area contributed by atoms with Crippen molar-refractivity contribution in [2.45, 2.75) is 59.1 Å². The number of para-hydroxylation sites is 1. The Morgan fingerprint density at radius 1 is 1.10 bits per heavy atom. The molecule has 10 nitrogen and oxygen atoms in total. The number of ether oxygens (including phenoxy) is 3. The van der Waals surface area contributed by atoms with Gasteiger partial charge in [-0.1, -0.05) is 43.1 Å². The molecule has 0 atom stereocenters. The number of carbonyl (C=O) groups is 1. The number of thiazole rings is 2. The fourth-order valence-corrected chi connectivity index (χ4v) is 8.00. The minimum atomic E-state index is -1.21. The fraction of sp³-hybridized carbons (Fsp3) is 0.382. The van der Waals surface area contributed by atoms with Gasteiger partial charge in [-0.2, -0.15) is 4.99 Å². The van der Waals surface area contributed by atoms with Gasteiger partial charge in [-0.15, -0.1) is 21.5 Å². The molecule has 0 unspecified atom stereocenters. The minimum Gasteiger partial charge on any atom is -0.491 e. The maximum atomic E-state index is 14.2. The third-order valence-electron chi connectivity index (χ3n) is 7.44. The van der Waals surface area contributed by atoms with E-state index in [0.29, 0.717) is 42.9 Å². The quantitative estimate of drug-likeness (QED) is 0.0448. The van der Waals surface area contributed by atoms with E-state index in [9.17, 15) is 9.18 Å². The monoisotopic (exact) mass is 834 g/mol. The molecule has 260 valence electrons. The first kappa shape index (κ1) is 37.0. The maximum absolute atomic E-state index is 14.2. The van der Waals surface area contributed by atoms with Crippen molar-refractivity contribution in [3.05, 3.63) is 78.9 Å². The highest BCUT2D eigenvalue weighted by Gasteiger charge is 2.23. The number of aryl methyl sites for hydroxylation is 2. The van der Waals surface area contributed by atoms with Crippen molar-refractivity contribution in [3.63, 3.8) is 0 Å². The number of aromatic nitrogens is 4. The van der Waals surface area contributed by atoms with Crippen LogP contribution in [0.25, 0.3) is 10.2 Å². The molecule has 3 heterocycles. The molecule has 5 rings (SSSR count). The zero-order valence-electron chi connectivity index (χ0n) is 28.5. The van der Waals surface area contributed by atoms with Crippen LogP contribution < -0.4 is 14.4 Å². The number of nitrogens with zero attached hydrogens (tertiary/aromatic N) is 6. The summed E-state index contributed by atoms with van der Waals surface area (Å²) in [4.78, 5) is 25.7. The molecule has 0 saturated carbocycles. The number of halogens is 2. The van der Waals surface area contributed by atoms with Crippen molar-refractivity contribution >= 4 is 86.3 Å². The van der Waals surface area contributed by atoms with Crippen molar-refractivity contribution in [3.8, 4) is 5.75 Å². The predicted molar refractivity (Wildman–Crippen MR) is 205 cm³/mol. The number of anilines is 2. The Kier molecular flexibility index (Phi) is 12.6. The van der Waals surface area contributed by atoms with Crippen LogP contribution >= 0.6 is 45.3 Å². The largest absolute Gasteiger partial charge is 0.491 e. The highest BCUT2D eigenvalue weighted by molar-refractivity contribution is 14.1. The molecule has 2 aromatic carbocycles. The Balaban J connectivity index is 1.34. The average Bonchev–Trinajstić information content (AvgIpc) is 3.64. The lowest BCUT2D eigenvalue weighted by Crippen LogP contribution is -2.23. The molecule has 0 radical (unpaired) electrons. The zero-order chi connectivity index (χ0) is 35.1. The van der Waals surface area contributed by atoms with Gasteiger partial charge < -0.3 is 19.1 Å². The first-order chi connectivity index (χ1) is 23.4. The van der Waals surface area contributed by atoms with Gasteiger partial charge in [-0.25, -0.2) is 14.2 Å². The summed E-state index contributed by atoms with van der Waals surface area (Å²) < 4.78 is 35.3. The van der Waals surface area contributed by atoms with Gasteiger partial charge in [0.25, 0.3) is 0 Å². The van der Waals surface area contributed by atoms with Crippen LogP contribution in [-0.4, -0.2) is 60.7 Å². The van der Waals surface area contributed by atoms with Gasteiger partial charge in [-0.3, -0.25) is 4.57 Å². The molecular formula is C34H40FIN6O4S2Si. The van der Waals surface area contributed by atoms with Crippen LogP contribution in [0.2, 0.25) is 25.7 Å². The fourth-order valence-electron chi connectivity index (χ4n) is 4.71. The maximum Gasteiger partial charge on any atom is 0.358 e. The summed E-state index contributed by atoms with van der Waals surface area (Å²) in [6.07, 6.45) is 1.06. The lowest BCUT2D eigenvalue weighted by atomic mass is 10.2. The van der Waals surface area contributed by atoms with Gasteiger partial charge in [0.15, 0.2) is 38.8 Å². The molecule has 0 aliphatic heterocycles. The van der Waals surface area contributed by atoms with E-state index in [1.165, 1.54) is 17.4 Å². The summed E-state index contributed by atoms with van der Waals surface area (Å²) in [6.45, 7) is 12.4. The molecule has 0 spiro atoms. The van der Waals surface area contributed by atoms with E-state index in [0.717, 1.165) is 35.1 Å². The highest BCUT2D eigenvalue weighted by atomic mass is 127. The SMILES string of the molecule is CCOC(=O)c1nc(N(C)c2cc(C)c(/N=c3\sc4ccccc4n3COCC[Si](C)(C)C)nn2)sc1CCCOc1ccc(I)cc1F. The second kappa shape index (κ2) is 16.6. The lowest BCUT2D eigenvalue weighted by Gasteiger charge is -2.16. The molecular weight excluding hydrogens is 795 g/mol. The van der Waals surface area contributed by atoms with Gasteiger partial charge >= 0.3 is 5.97 Å². The van der Waals surface area contributed by atoms with Crippen LogP contribution in [0.5, 0.6) is 5.75 Å². The molecule has 0 fully saturated rings. The van der Waals surface area contributed by atoms with E-state index in [1.54, 1.807) is 35.3 Å². The molecule has 0 bridgehead atoms. The molecule has 0 aliphatic carbocycles. The second-order valence-electron chi connectivity index (χ2n) is 12.5. The smallest absolute Gasteiger partial charge is 0.358 e. The summed E-state index contributed by atoms with van der Waals surface area (Å²) in [6, 6.07) is 16.0. The van der Waals surface area contributed by atoms with Crippen LogP contribution in [0.15, 0.2) is 53.5 Å². The first-order valence-electron chi connectivity index (χ1n) is 16.0. The highest BCUT2D eigenvalue weighted by Crippen LogP contribution is 2.32. The first-order valence-corrected chi connectivity index (χ1v) is 22.4. The van der Waals surface area contributed by atoms with Crippen molar-refractivity contribution in [2.75, 3.05) is 31.8 Å². The topological polar surface area (TPSA) is 104 Å². The Morgan fingerprint density at radius 2 is 1.90 bits per heavy atom. The molecule has 15 heteroatoms. The van der Waals surface area contributed by atoms with Crippen LogP contribution in [0, 0.1) is 16.3 Å². The van der Waals surface area contributed by atoms with Gasteiger partial charge in [0.2, 0.25) is 0 Å². The van der Waals surface area contributed by atoms with Crippen molar-refractivity contribution in [1.29, 1.82) is 0 Å². The number of esters is 1. The van der Waals surface area contributed by atoms with Crippen LogP contribution in [0.4, 0.5) is 21.2 Å². The number of fused-ring (bicyclic) bond motifs is 1. The third kappa shape index (κ3) is 9.71. The molecule has 0 aliphatic rings. The van der Waals surface area contributed by atoms with E-state index < -0.39 is 19.9 Å². The minimum absolute atomic E-state index is 0.202. The number of hydrogen-bond donors (Lipinski definition) is 0. The summed E-state index contributed by atoms with van der Waals surface area (Å²) in [5, 5.41) is 9.55. The normalized spacial score (nSPS) is 12.1. The summed E-state index contributed by atoms with van der Waals surface area (Å²) in [5.74, 6) is 0.379. The Labute approximate surface area is 308 Å². The molecule has 0 saturated heterocycles. The molecule has 3 aromatic heterocycles. The van der Waals surface area contributed by atoms with Crippen LogP contribution in [0.1, 0.15) is 34.3 Å². The van der Waals surface area contributed by atoms with E-state index >= 15 is 0 Å². The van der Waals surface area contributed by atoms with Crippen molar-refractivity contribution in [2.24, 2.45) is 4.99 Å². The number of rotatable bonds is 15. The molecule has 0 amide bonds. The van der Waals surface area contributed by atoms with E-state index in [-0.39, 0.29) is 24.7 Å². The van der Waals surface area contributed by atoms with Crippen molar-refractivity contribution in [1.82, 2.24) is 19.7 Å². The molecule has 0 N–H and O–H groups in total. The molecule has 49 heavy (non-hydrogen) atoms. The van der Waals surface area contributed by atoms with Gasteiger partial charge in [-0.05, 0) is 97.3 Å². The Bertz CT molecular complexity index is 1990. The number of carbonyl (C=O) groups excluding carboxylic acids is 1. The summed E-state index contributed by atoms with van der Waals surface area (Å²) in [7, 11) is 0.622. The molecule has 5 aromatic rings. The van der Waals surface area contributed by atoms with Gasteiger partial charge in [0, 0.05) is 30.2 Å². The number of hydrogen-bond acceptors (Lipinski definition) is 11. The van der Waals surface area contributed by atoms with Crippen LogP contribution in [0.3, 0.4) is 0 Å². The van der Waals surface area contributed by atoms with Crippen molar-refractivity contribution < 1.29 is 23.4 Å². The lowest BCUT2D eigenvalue weighted by molar-refractivity contribution is 0.0519. The number of benzene rings is 2. The summed E-state index contributed by atoms with van der Waals surface area (Å²) >= 11 is 5.01. The van der Waals surface area contributed by atoms with Gasteiger partial charge in [0.05, 0.1) is 23.4 Å². The zero-order valence-corrected chi connectivity index (χ0v) is 33.2. The second-order valence-corrected chi connectivity index (χ2v) is 21.5. The standard InChI is InChI=1S/C34H40FIN6O4S2Si/c1-7-45-32(43)30-28(13-10-16-46-26-15-14-23(36)20-24(26)35)48-33(37-30)41(3)29-19-22(2)31(40-39-29)38-34-42(21-44-17-18-49(4,5)6)25-11-8-9-12-27(25)47-34/h8-9,11-12,14-15,19-20H,7,10,13,16-18,21H2,1-6H3/b38-34-. The van der Waals surface area contributed by atoms with E-state index in [1.807, 2.05) is 32.2 Å². The third-order valence-corrected chi connectivity index (χ3v) is 12.1. The van der Waals surface area contributed by atoms with E-state index in [2.05, 4.69) is 74.1 Å². The van der Waals surface area contributed by atoms with Gasteiger partial charge in [0.1, 0.15) is 6.73 Å².